The second kappa shape index (κ2) is 5.79. The van der Waals surface area contributed by atoms with Gasteiger partial charge in [0, 0.05) is 12.3 Å². The molecule has 0 aromatic carbocycles. The summed E-state index contributed by atoms with van der Waals surface area (Å²) in [5.74, 6) is 1.81. The highest BCUT2D eigenvalue weighted by atomic mass is 19.1. The molecule has 1 heterocycles. The highest BCUT2D eigenvalue weighted by molar-refractivity contribution is 5.10. The van der Waals surface area contributed by atoms with E-state index < -0.39 is 36.0 Å². The lowest BCUT2D eigenvalue weighted by atomic mass is 10.1. The first-order chi connectivity index (χ1) is 8.86. The fraction of sp³-hybridized carbons (Fsp3) is 0.455. The largest absolute Gasteiger partial charge is 0.392 e. The number of alkyl halides is 1. The van der Waals surface area contributed by atoms with E-state index in [2.05, 4.69) is 0 Å². The third-order valence-electron chi connectivity index (χ3n) is 2.49. The van der Waals surface area contributed by atoms with Gasteiger partial charge in [-0.3, -0.25) is 14.3 Å². The van der Waals surface area contributed by atoms with Crippen molar-refractivity contribution in [1.29, 1.82) is 0 Å². The van der Waals surface area contributed by atoms with Gasteiger partial charge in [0.25, 0.3) is 5.56 Å². The Labute approximate surface area is 107 Å². The highest BCUT2D eigenvalue weighted by Gasteiger charge is 2.39. The minimum Gasteiger partial charge on any atom is -0.392 e. The van der Waals surface area contributed by atoms with Crippen molar-refractivity contribution in [3.05, 3.63) is 33.1 Å². The Kier molecular flexibility index (Phi) is 4.61. The lowest BCUT2D eigenvalue weighted by molar-refractivity contribution is -0.196. The molecule has 1 aromatic heterocycles. The second-order valence-corrected chi connectivity index (χ2v) is 3.76. The number of nitrogens with one attached hydrogen (secondary N) is 1. The maximum absolute atomic E-state index is 13.0. The zero-order chi connectivity index (χ0) is 14.6. The first kappa shape index (κ1) is 15.1. The molecule has 0 aliphatic rings. The number of H-pyrrole nitrogens is 1. The average molecular weight is 272 g/mol. The van der Waals surface area contributed by atoms with Crippen molar-refractivity contribution in [2.75, 3.05) is 6.61 Å². The molecule has 0 saturated heterocycles. The van der Waals surface area contributed by atoms with E-state index in [-0.39, 0.29) is 0 Å². The molecule has 0 unspecified atom stereocenters. The van der Waals surface area contributed by atoms with Gasteiger partial charge in [-0.05, 0) is 6.92 Å². The monoisotopic (exact) mass is 272 g/mol. The molecule has 1 rings (SSSR count). The molecule has 0 radical (unpaired) electrons. The Balaban J connectivity index is 3.08. The molecule has 0 amide bonds. The lowest BCUT2D eigenvalue weighted by Crippen LogP contribution is -2.47. The van der Waals surface area contributed by atoms with Crippen molar-refractivity contribution in [2.45, 2.75) is 25.1 Å². The Hall–Kier alpha value is -1.95. The average Bonchev–Trinajstić information content (AvgIpc) is 2.35. The Bertz CT molecular complexity index is 588. The highest BCUT2D eigenvalue weighted by Crippen LogP contribution is 2.22. The second-order valence-electron chi connectivity index (χ2n) is 3.76. The predicted octanol–water partition coefficient (Wildman–Crippen LogP) is -1.28. The molecule has 0 aliphatic carbocycles. The van der Waals surface area contributed by atoms with Gasteiger partial charge in [-0.1, -0.05) is 5.92 Å². The quantitative estimate of drug-likeness (QED) is 0.579. The van der Waals surface area contributed by atoms with E-state index in [1.807, 2.05) is 10.9 Å². The smallest absolute Gasteiger partial charge is 0.330 e. The Morgan fingerprint density at radius 2 is 2.32 bits per heavy atom. The summed E-state index contributed by atoms with van der Waals surface area (Å²) in [6, 6.07) is 1.06. The molecule has 0 bridgehead atoms. The molecule has 0 fully saturated rings. The zero-order valence-electron chi connectivity index (χ0n) is 10.0. The summed E-state index contributed by atoms with van der Waals surface area (Å²) in [7, 11) is 0. The van der Waals surface area contributed by atoms with Gasteiger partial charge in [-0.25, -0.2) is 9.18 Å². The molecule has 3 N–H and O–H groups in total. The topological polar surface area (TPSA) is 105 Å². The van der Waals surface area contributed by atoms with Crippen LogP contribution < -0.4 is 11.2 Å². The lowest BCUT2D eigenvalue weighted by Gasteiger charge is -2.30. The van der Waals surface area contributed by atoms with Crippen molar-refractivity contribution >= 4 is 0 Å². The number of aliphatic hydroxyl groups excluding tert-OH is 2. The molecule has 104 valence electrons. The minimum atomic E-state index is -2.64. The van der Waals surface area contributed by atoms with E-state index in [1.54, 1.807) is 0 Å². The number of aliphatic hydroxyl groups is 2. The van der Waals surface area contributed by atoms with Crippen molar-refractivity contribution in [3.8, 4) is 12.3 Å². The number of aromatic nitrogens is 2. The number of aromatic amines is 1. The SMILES string of the molecule is C#C[C@](CO)(O[C@H](C)n1ccc(=O)[nH]c1=O)[C@@H](O)F. The standard InChI is InChI=1S/C11H13FN2O5/c1-3-11(6-15,9(12)17)19-7(2)14-5-4-8(16)13-10(14)18/h1,4-5,7,9,15,17H,6H2,2H3,(H,13,16,18)/t7-,9-,11-/m1/s1. The number of halogens is 1. The van der Waals surface area contributed by atoms with E-state index in [4.69, 9.17) is 21.4 Å². The molecule has 3 atom stereocenters. The summed E-state index contributed by atoms with van der Waals surface area (Å²) >= 11 is 0. The molecular weight excluding hydrogens is 259 g/mol. The summed E-state index contributed by atoms with van der Waals surface area (Å²) in [6.07, 6.45) is 2.40. The molecule has 0 saturated carbocycles. The van der Waals surface area contributed by atoms with Crippen molar-refractivity contribution in [3.63, 3.8) is 0 Å². The van der Waals surface area contributed by atoms with Crippen LogP contribution in [0.15, 0.2) is 21.9 Å². The van der Waals surface area contributed by atoms with E-state index in [0.29, 0.717) is 0 Å². The summed E-state index contributed by atoms with van der Waals surface area (Å²) in [6.45, 7) is 0.355. The predicted molar refractivity (Wildman–Crippen MR) is 62.9 cm³/mol. The summed E-state index contributed by atoms with van der Waals surface area (Å²) in [4.78, 5) is 24.3. The van der Waals surface area contributed by atoms with Gasteiger partial charge in [0.1, 0.15) is 6.23 Å². The minimum absolute atomic E-state index is 0.607. The Morgan fingerprint density at radius 3 is 2.74 bits per heavy atom. The first-order valence-corrected chi connectivity index (χ1v) is 5.26. The summed E-state index contributed by atoms with van der Waals surface area (Å²) < 4.78 is 19.0. The van der Waals surface area contributed by atoms with Crippen LogP contribution in [-0.2, 0) is 4.74 Å². The molecule has 0 spiro atoms. The van der Waals surface area contributed by atoms with Crippen LogP contribution in [0.5, 0.6) is 0 Å². The van der Waals surface area contributed by atoms with Gasteiger partial charge >= 0.3 is 5.69 Å². The Morgan fingerprint density at radius 1 is 1.68 bits per heavy atom. The van der Waals surface area contributed by atoms with Crippen LogP contribution >= 0.6 is 0 Å². The summed E-state index contributed by atoms with van der Waals surface area (Å²) in [5.41, 5.74) is -3.68. The maximum Gasteiger partial charge on any atom is 0.330 e. The van der Waals surface area contributed by atoms with Crippen LogP contribution in [-0.4, -0.2) is 38.3 Å². The van der Waals surface area contributed by atoms with Gasteiger partial charge in [0.05, 0.1) is 6.61 Å². The summed E-state index contributed by atoms with van der Waals surface area (Å²) in [5, 5.41) is 18.0. The number of nitrogens with zero attached hydrogens (tertiary/aromatic N) is 1. The van der Waals surface area contributed by atoms with Gasteiger partial charge in [0.2, 0.25) is 12.0 Å². The number of hydrogen-bond donors (Lipinski definition) is 3. The molecule has 7 nitrogen and oxygen atoms in total. The van der Waals surface area contributed by atoms with Gasteiger partial charge in [-0.15, -0.1) is 6.42 Å². The fourth-order valence-corrected chi connectivity index (χ4v) is 1.39. The van der Waals surface area contributed by atoms with Gasteiger partial charge in [-0.2, -0.15) is 0 Å². The van der Waals surface area contributed by atoms with Crippen LogP contribution in [0.25, 0.3) is 0 Å². The van der Waals surface area contributed by atoms with Crippen molar-refractivity contribution in [2.24, 2.45) is 0 Å². The third kappa shape index (κ3) is 3.08. The van der Waals surface area contributed by atoms with Crippen molar-refractivity contribution < 1.29 is 19.3 Å². The van der Waals surface area contributed by atoms with E-state index in [0.717, 1.165) is 16.8 Å². The van der Waals surface area contributed by atoms with E-state index >= 15 is 0 Å². The van der Waals surface area contributed by atoms with Crippen LogP contribution in [0.1, 0.15) is 13.2 Å². The number of terminal acetylenes is 1. The molecule has 8 heteroatoms. The molecule has 0 aliphatic heterocycles. The first-order valence-electron chi connectivity index (χ1n) is 5.26. The molecular formula is C11H13FN2O5. The third-order valence-corrected chi connectivity index (χ3v) is 2.49. The van der Waals surface area contributed by atoms with Crippen LogP contribution in [0.4, 0.5) is 4.39 Å². The van der Waals surface area contributed by atoms with E-state index in [1.165, 1.54) is 6.92 Å². The number of rotatable bonds is 5. The van der Waals surface area contributed by atoms with Crippen LogP contribution in [0, 0.1) is 12.3 Å². The number of hydrogen-bond acceptors (Lipinski definition) is 5. The van der Waals surface area contributed by atoms with E-state index in [9.17, 15) is 14.0 Å². The fourth-order valence-electron chi connectivity index (χ4n) is 1.39. The maximum atomic E-state index is 13.0. The molecule has 19 heavy (non-hydrogen) atoms. The van der Waals surface area contributed by atoms with Gasteiger partial charge < -0.3 is 14.9 Å². The zero-order valence-corrected chi connectivity index (χ0v) is 10.0. The van der Waals surface area contributed by atoms with Gasteiger partial charge in [0.15, 0.2) is 0 Å². The number of ether oxygens (including phenoxy) is 1. The van der Waals surface area contributed by atoms with Crippen LogP contribution in [0.2, 0.25) is 0 Å². The normalized spacial score (nSPS) is 17.2. The molecule has 1 aromatic rings. The van der Waals surface area contributed by atoms with Crippen molar-refractivity contribution in [1.82, 2.24) is 9.55 Å². The van der Waals surface area contributed by atoms with Crippen LogP contribution in [0.3, 0.4) is 0 Å².